The molecule has 0 atom stereocenters. The maximum Gasteiger partial charge on any atom is 0.0742 e. The van der Waals surface area contributed by atoms with E-state index in [1.54, 1.807) is 0 Å². The van der Waals surface area contributed by atoms with Crippen molar-refractivity contribution in [2.45, 2.75) is 13.8 Å². The van der Waals surface area contributed by atoms with E-state index in [1.165, 1.54) is 11.4 Å². The van der Waals surface area contributed by atoms with Crippen molar-refractivity contribution in [2.75, 3.05) is 0 Å². The largest absolute Gasteiger partial charge is 0.357 e. The molecule has 0 unspecified atom stereocenters. The average Bonchev–Trinajstić information content (AvgIpc) is 3.60. The van der Waals surface area contributed by atoms with Gasteiger partial charge in [-0.15, -0.1) is 0 Å². The Kier molecular flexibility index (Phi) is 4.72. The summed E-state index contributed by atoms with van der Waals surface area (Å²) in [7, 11) is 0. The number of hydrogen-bond acceptors (Lipinski definition) is 0. The van der Waals surface area contributed by atoms with E-state index in [4.69, 9.17) is 0 Å². The Hall–Kier alpha value is -3.59. The number of halogens is 1. The molecule has 0 aliphatic carbocycles. The van der Waals surface area contributed by atoms with Crippen LogP contribution in [0.25, 0.3) is 56.9 Å². The van der Waals surface area contributed by atoms with Gasteiger partial charge < -0.3 is 24.9 Å². The van der Waals surface area contributed by atoms with Crippen molar-refractivity contribution in [1.29, 1.82) is 0 Å². The Labute approximate surface area is 205 Å². The van der Waals surface area contributed by atoms with E-state index in [1.807, 2.05) is 0 Å². The molecule has 6 nitrogen and oxygen atoms in total. The number of nitrogens with one attached hydrogen (secondary N) is 5. The quantitative estimate of drug-likeness (QED) is 0.141. The van der Waals surface area contributed by atoms with Crippen LogP contribution in [0.4, 0.5) is 0 Å². The number of rotatable bonds is 5. The van der Waals surface area contributed by atoms with E-state index >= 15 is 0 Å². The molecule has 0 bridgehead atoms. The zero-order chi connectivity index (χ0) is 22.5. The second-order valence-electron chi connectivity index (χ2n) is 8.34. The number of aromatic amines is 5. The second-order valence-corrected chi connectivity index (χ2v) is 9.30. The van der Waals surface area contributed by atoms with Gasteiger partial charge in [-0.25, -0.2) is 0 Å². The van der Waals surface area contributed by atoms with Gasteiger partial charge in [-0.05, 0) is 86.6 Å². The summed E-state index contributed by atoms with van der Waals surface area (Å²) in [6.07, 6.45) is 0. The van der Waals surface area contributed by atoms with Crippen LogP contribution in [0.2, 0.25) is 0 Å². The zero-order valence-electron chi connectivity index (χ0n) is 18.3. The van der Waals surface area contributed by atoms with Gasteiger partial charge in [-0.2, -0.15) is 0 Å². The molecule has 7 heteroatoms. The van der Waals surface area contributed by atoms with E-state index in [-0.39, 0.29) is 0 Å². The predicted octanol–water partition coefficient (Wildman–Crippen LogP) is 7.28. The topological polar surface area (TPSA) is 83.9 Å². The summed E-state index contributed by atoms with van der Waals surface area (Å²) in [6, 6.07) is 25.3. The summed E-state index contributed by atoms with van der Waals surface area (Å²) < 4.78 is 2.16. The lowest BCUT2D eigenvalue weighted by molar-refractivity contribution is 1.21. The molecule has 33 heavy (non-hydrogen) atoms. The van der Waals surface area contributed by atoms with Crippen LogP contribution in [-0.4, -0.2) is 27.7 Å². The lowest BCUT2D eigenvalue weighted by atomic mass is 10.3. The fourth-order valence-electron chi connectivity index (χ4n) is 4.21. The van der Waals surface area contributed by atoms with Gasteiger partial charge in [0.05, 0.1) is 79.8 Å². The molecule has 6 rings (SSSR count). The fraction of sp³-hybridized carbons (Fsp3) is 0.0769. The van der Waals surface area contributed by atoms with Crippen LogP contribution in [0, 0.1) is 13.8 Å². The SMILES string of the molecule is Cc1ccc(-c2ccc(-c3ccc(-c4ccc(-c5ccc(-c6ccc(C)n6I)[nH]5)[nH]4)[nH]3)[nH]2)[nH]1. The fourth-order valence-corrected chi connectivity index (χ4v) is 4.79. The van der Waals surface area contributed by atoms with Crippen LogP contribution in [0.1, 0.15) is 11.4 Å². The standard InChI is InChI=1S/C26H23IN6/c1-15-3-5-17(28-15)18-6-7-19(29-18)20-8-9-21(30-20)22-10-11-23(31-22)24-12-13-25(32-24)26-14-4-16(2)33(26)27/h3-14,28-32H,1-2H3. The Balaban J connectivity index is 1.24. The molecule has 0 amide bonds. The van der Waals surface area contributed by atoms with E-state index < -0.39 is 0 Å². The second kappa shape index (κ2) is 7.77. The zero-order valence-corrected chi connectivity index (χ0v) is 20.4. The highest BCUT2D eigenvalue weighted by Gasteiger charge is 2.12. The number of H-pyrrole nitrogens is 5. The summed E-state index contributed by atoms with van der Waals surface area (Å²) in [4.78, 5) is 17.5. The molecule has 0 spiro atoms. The van der Waals surface area contributed by atoms with Gasteiger partial charge in [0, 0.05) is 11.4 Å². The van der Waals surface area contributed by atoms with E-state index in [0.29, 0.717) is 0 Å². The summed E-state index contributed by atoms with van der Waals surface area (Å²) >= 11 is 2.33. The van der Waals surface area contributed by atoms with E-state index in [9.17, 15) is 0 Å². The summed E-state index contributed by atoms with van der Waals surface area (Å²) in [5.41, 5.74) is 13.1. The smallest absolute Gasteiger partial charge is 0.0742 e. The molecule has 6 heterocycles. The first-order chi connectivity index (χ1) is 16.0. The third-order valence-electron chi connectivity index (χ3n) is 6.02. The predicted molar refractivity (Wildman–Crippen MR) is 142 cm³/mol. The minimum absolute atomic E-state index is 1.05. The highest BCUT2D eigenvalue weighted by Crippen LogP contribution is 2.30. The van der Waals surface area contributed by atoms with Gasteiger partial charge in [0.2, 0.25) is 0 Å². The molecule has 164 valence electrons. The lowest BCUT2D eigenvalue weighted by Crippen LogP contribution is -1.87. The maximum atomic E-state index is 3.54. The van der Waals surface area contributed by atoms with Crippen LogP contribution < -0.4 is 0 Å². The van der Waals surface area contributed by atoms with Gasteiger partial charge >= 0.3 is 0 Å². The minimum Gasteiger partial charge on any atom is -0.357 e. The number of aryl methyl sites for hydroxylation is 2. The van der Waals surface area contributed by atoms with Gasteiger partial charge in [-0.1, -0.05) is 0 Å². The van der Waals surface area contributed by atoms with Crippen molar-refractivity contribution in [3.63, 3.8) is 0 Å². The lowest BCUT2D eigenvalue weighted by Gasteiger charge is -2.01. The van der Waals surface area contributed by atoms with E-state index in [2.05, 4.69) is 137 Å². The highest BCUT2D eigenvalue weighted by molar-refractivity contribution is 14.1. The van der Waals surface area contributed by atoms with Crippen molar-refractivity contribution in [3.8, 4) is 56.9 Å². The monoisotopic (exact) mass is 546 g/mol. The molecule has 0 radical (unpaired) electrons. The first-order valence-corrected chi connectivity index (χ1v) is 11.8. The van der Waals surface area contributed by atoms with Crippen molar-refractivity contribution in [3.05, 3.63) is 84.2 Å². The van der Waals surface area contributed by atoms with Crippen molar-refractivity contribution in [1.82, 2.24) is 27.7 Å². The molecule has 0 aromatic carbocycles. The Morgan fingerprint density at radius 1 is 0.455 bits per heavy atom. The molecule has 0 saturated carbocycles. The molecule has 0 aliphatic rings. The van der Waals surface area contributed by atoms with Gasteiger partial charge in [0.15, 0.2) is 0 Å². The molecule has 0 fully saturated rings. The summed E-state index contributed by atoms with van der Waals surface area (Å²) in [5, 5.41) is 0. The molecule has 5 N–H and O–H groups in total. The molecular weight excluding hydrogens is 523 g/mol. The van der Waals surface area contributed by atoms with Gasteiger partial charge in [0.1, 0.15) is 0 Å². The molecule has 0 aliphatic heterocycles. The van der Waals surface area contributed by atoms with Gasteiger partial charge in [0.25, 0.3) is 0 Å². The van der Waals surface area contributed by atoms with Crippen LogP contribution in [0.3, 0.4) is 0 Å². The van der Waals surface area contributed by atoms with Crippen molar-refractivity contribution >= 4 is 22.9 Å². The maximum absolute atomic E-state index is 3.54. The van der Waals surface area contributed by atoms with Crippen LogP contribution >= 0.6 is 22.9 Å². The van der Waals surface area contributed by atoms with Crippen molar-refractivity contribution < 1.29 is 0 Å². The number of hydrogen-bond donors (Lipinski definition) is 5. The van der Waals surface area contributed by atoms with Crippen LogP contribution in [-0.2, 0) is 0 Å². The summed E-state index contributed by atoms with van der Waals surface area (Å²) in [6.45, 7) is 4.17. The Bertz CT molecular complexity index is 1560. The van der Waals surface area contributed by atoms with E-state index in [0.717, 1.165) is 56.9 Å². The minimum atomic E-state index is 1.05. The van der Waals surface area contributed by atoms with Gasteiger partial charge in [-0.3, -0.25) is 2.78 Å². The number of aromatic nitrogens is 6. The molecule has 6 aromatic heterocycles. The Morgan fingerprint density at radius 3 is 1.18 bits per heavy atom. The van der Waals surface area contributed by atoms with Crippen molar-refractivity contribution in [2.24, 2.45) is 0 Å². The normalized spacial score (nSPS) is 11.5. The Morgan fingerprint density at radius 2 is 0.818 bits per heavy atom. The third-order valence-corrected chi connectivity index (χ3v) is 7.30. The summed E-state index contributed by atoms with van der Waals surface area (Å²) in [5.74, 6) is 0. The molecule has 6 aromatic rings. The van der Waals surface area contributed by atoms with Crippen LogP contribution in [0.5, 0.6) is 0 Å². The average molecular weight is 546 g/mol. The molecule has 0 saturated heterocycles. The highest BCUT2D eigenvalue weighted by atomic mass is 127. The van der Waals surface area contributed by atoms with Crippen LogP contribution in [0.15, 0.2) is 72.8 Å². The third kappa shape index (κ3) is 3.58. The molecular formula is C26H23IN6. The number of nitrogens with zero attached hydrogens (tertiary/aromatic N) is 1. The first kappa shape index (κ1) is 20.0. The first-order valence-electron chi connectivity index (χ1n) is 10.8.